The van der Waals surface area contributed by atoms with Gasteiger partial charge in [0.05, 0.1) is 6.54 Å². The van der Waals surface area contributed by atoms with E-state index < -0.39 is 0 Å². The molecule has 16 heavy (non-hydrogen) atoms. The van der Waals surface area contributed by atoms with E-state index in [2.05, 4.69) is 21.9 Å². The standard InChI is InChI=1S/C11H21N5/c1-2-5-16-11(13-9-14-16)8-15-6-3-4-10(15)7-12/h9-10H,2-8,12H2,1H3. The molecule has 0 saturated carbocycles. The Morgan fingerprint density at radius 2 is 2.44 bits per heavy atom. The van der Waals surface area contributed by atoms with Crippen molar-refractivity contribution in [2.75, 3.05) is 13.1 Å². The summed E-state index contributed by atoms with van der Waals surface area (Å²) in [6.45, 7) is 5.89. The van der Waals surface area contributed by atoms with Gasteiger partial charge in [-0.05, 0) is 25.8 Å². The number of aryl methyl sites for hydroxylation is 1. The summed E-state index contributed by atoms with van der Waals surface area (Å²) >= 11 is 0. The van der Waals surface area contributed by atoms with Crippen molar-refractivity contribution in [3.05, 3.63) is 12.2 Å². The topological polar surface area (TPSA) is 60.0 Å². The zero-order valence-corrected chi connectivity index (χ0v) is 9.97. The van der Waals surface area contributed by atoms with Crippen LogP contribution in [0.3, 0.4) is 0 Å². The first-order chi connectivity index (χ1) is 7.85. The minimum absolute atomic E-state index is 0.534. The third-order valence-electron chi connectivity index (χ3n) is 3.25. The summed E-state index contributed by atoms with van der Waals surface area (Å²) in [5, 5.41) is 4.25. The lowest BCUT2D eigenvalue weighted by Gasteiger charge is -2.22. The molecule has 1 aliphatic rings. The predicted molar refractivity (Wildman–Crippen MR) is 62.8 cm³/mol. The first-order valence-corrected chi connectivity index (χ1v) is 6.16. The van der Waals surface area contributed by atoms with Gasteiger partial charge in [-0.3, -0.25) is 4.90 Å². The van der Waals surface area contributed by atoms with Crippen LogP contribution in [0.5, 0.6) is 0 Å². The zero-order chi connectivity index (χ0) is 11.4. The summed E-state index contributed by atoms with van der Waals surface area (Å²) in [5.74, 6) is 1.07. The average Bonchev–Trinajstić information content (AvgIpc) is 2.89. The summed E-state index contributed by atoms with van der Waals surface area (Å²) in [6, 6.07) is 0.534. The molecule has 2 rings (SSSR count). The van der Waals surface area contributed by atoms with Crippen LogP contribution < -0.4 is 5.73 Å². The number of nitrogens with zero attached hydrogens (tertiary/aromatic N) is 4. The van der Waals surface area contributed by atoms with Crippen LogP contribution in [0.2, 0.25) is 0 Å². The number of likely N-dealkylation sites (tertiary alicyclic amines) is 1. The number of hydrogen-bond donors (Lipinski definition) is 1. The van der Waals surface area contributed by atoms with E-state index in [0.29, 0.717) is 6.04 Å². The summed E-state index contributed by atoms with van der Waals surface area (Å²) in [6.07, 6.45) is 5.22. The number of rotatable bonds is 5. The fraction of sp³-hybridized carbons (Fsp3) is 0.818. The maximum Gasteiger partial charge on any atom is 0.141 e. The van der Waals surface area contributed by atoms with Crippen LogP contribution in [0.25, 0.3) is 0 Å². The Kier molecular flexibility index (Phi) is 3.90. The molecule has 1 unspecified atom stereocenters. The van der Waals surface area contributed by atoms with Crippen LogP contribution >= 0.6 is 0 Å². The quantitative estimate of drug-likeness (QED) is 0.794. The molecule has 1 fully saturated rings. The fourth-order valence-corrected chi connectivity index (χ4v) is 2.36. The van der Waals surface area contributed by atoms with E-state index in [1.165, 1.54) is 12.8 Å². The Morgan fingerprint density at radius 3 is 3.19 bits per heavy atom. The predicted octanol–water partition coefficient (Wildman–Crippen LogP) is 0.611. The van der Waals surface area contributed by atoms with Gasteiger partial charge in [0, 0.05) is 19.1 Å². The zero-order valence-electron chi connectivity index (χ0n) is 9.97. The largest absolute Gasteiger partial charge is 0.329 e. The highest BCUT2D eigenvalue weighted by Crippen LogP contribution is 2.18. The molecule has 0 aliphatic carbocycles. The van der Waals surface area contributed by atoms with Crippen molar-refractivity contribution in [1.82, 2.24) is 19.7 Å². The smallest absolute Gasteiger partial charge is 0.141 e. The summed E-state index contributed by atoms with van der Waals surface area (Å²) in [4.78, 5) is 6.76. The Balaban J connectivity index is 1.99. The van der Waals surface area contributed by atoms with E-state index in [9.17, 15) is 0 Å². The number of aromatic nitrogens is 3. The molecule has 2 N–H and O–H groups in total. The summed E-state index contributed by atoms with van der Waals surface area (Å²) in [7, 11) is 0. The van der Waals surface area contributed by atoms with Crippen LogP contribution in [0.1, 0.15) is 32.0 Å². The maximum atomic E-state index is 5.77. The molecular weight excluding hydrogens is 202 g/mol. The molecule has 0 aromatic carbocycles. The lowest BCUT2D eigenvalue weighted by molar-refractivity contribution is 0.239. The van der Waals surface area contributed by atoms with E-state index in [1.807, 2.05) is 4.68 Å². The van der Waals surface area contributed by atoms with E-state index in [4.69, 9.17) is 5.73 Å². The maximum absolute atomic E-state index is 5.77. The molecule has 2 heterocycles. The highest BCUT2D eigenvalue weighted by molar-refractivity contribution is 4.89. The second kappa shape index (κ2) is 5.41. The SMILES string of the molecule is CCCn1ncnc1CN1CCCC1CN. The van der Waals surface area contributed by atoms with Gasteiger partial charge in [-0.25, -0.2) is 9.67 Å². The highest BCUT2D eigenvalue weighted by Gasteiger charge is 2.24. The van der Waals surface area contributed by atoms with Gasteiger partial charge in [-0.15, -0.1) is 0 Å². The molecule has 5 heteroatoms. The monoisotopic (exact) mass is 223 g/mol. The van der Waals surface area contributed by atoms with Crippen LogP contribution in [-0.2, 0) is 13.1 Å². The van der Waals surface area contributed by atoms with Crippen molar-refractivity contribution in [3.8, 4) is 0 Å². The molecule has 0 amide bonds. The molecule has 1 saturated heterocycles. The van der Waals surface area contributed by atoms with E-state index in [1.54, 1.807) is 6.33 Å². The molecule has 90 valence electrons. The van der Waals surface area contributed by atoms with Crippen molar-refractivity contribution in [2.45, 2.75) is 45.3 Å². The van der Waals surface area contributed by atoms with Gasteiger partial charge in [0.1, 0.15) is 12.2 Å². The minimum Gasteiger partial charge on any atom is -0.329 e. The van der Waals surface area contributed by atoms with Crippen LogP contribution in [0, 0.1) is 0 Å². The molecule has 0 bridgehead atoms. The van der Waals surface area contributed by atoms with Gasteiger partial charge < -0.3 is 5.73 Å². The van der Waals surface area contributed by atoms with Gasteiger partial charge in [0.15, 0.2) is 0 Å². The van der Waals surface area contributed by atoms with Crippen molar-refractivity contribution in [3.63, 3.8) is 0 Å². The first-order valence-electron chi connectivity index (χ1n) is 6.16. The van der Waals surface area contributed by atoms with Crippen LogP contribution in [-0.4, -0.2) is 38.8 Å². The van der Waals surface area contributed by atoms with Gasteiger partial charge in [0.2, 0.25) is 0 Å². The summed E-state index contributed by atoms with van der Waals surface area (Å²) in [5.41, 5.74) is 5.77. The molecule has 5 nitrogen and oxygen atoms in total. The van der Waals surface area contributed by atoms with Gasteiger partial charge >= 0.3 is 0 Å². The third kappa shape index (κ3) is 2.41. The normalized spacial score (nSPS) is 21.8. The molecule has 0 spiro atoms. The van der Waals surface area contributed by atoms with E-state index in [0.717, 1.165) is 38.4 Å². The summed E-state index contributed by atoms with van der Waals surface area (Å²) < 4.78 is 2.01. The second-order valence-electron chi connectivity index (χ2n) is 4.40. The van der Waals surface area contributed by atoms with E-state index in [-0.39, 0.29) is 0 Å². The minimum atomic E-state index is 0.534. The van der Waals surface area contributed by atoms with Crippen LogP contribution in [0.15, 0.2) is 6.33 Å². The van der Waals surface area contributed by atoms with Crippen molar-refractivity contribution >= 4 is 0 Å². The Hall–Kier alpha value is -0.940. The lowest BCUT2D eigenvalue weighted by atomic mass is 10.2. The molecule has 0 radical (unpaired) electrons. The molecular formula is C11H21N5. The molecule has 1 aliphatic heterocycles. The fourth-order valence-electron chi connectivity index (χ4n) is 2.36. The number of nitrogens with two attached hydrogens (primary N) is 1. The average molecular weight is 223 g/mol. The van der Waals surface area contributed by atoms with Crippen LogP contribution in [0.4, 0.5) is 0 Å². The lowest BCUT2D eigenvalue weighted by Crippen LogP contribution is -2.35. The van der Waals surface area contributed by atoms with Gasteiger partial charge in [-0.1, -0.05) is 6.92 Å². The second-order valence-corrected chi connectivity index (χ2v) is 4.40. The Labute approximate surface area is 96.6 Å². The van der Waals surface area contributed by atoms with Crippen molar-refractivity contribution in [1.29, 1.82) is 0 Å². The van der Waals surface area contributed by atoms with E-state index >= 15 is 0 Å². The molecule has 1 aromatic rings. The van der Waals surface area contributed by atoms with Crippen molar-refractivity contribution < 1.29 is 0 Å². The molecule has 1 atom stereocenters. The first kappa shape index (κ1) is 11.5. The molecule has 1 aromatic heterocycles. The third-order valence-corrected chi connectivity index (χ3v) is 3.25. The Morgan fingerprint density at radius 1 is 1.56 bits per heavy atom. The Bertz CT molecular complexity index is 322. The highest BCUT2D eigenvalue weighted by atomic mass is 15.4. The number of hydrogen-bond acceptors (Lipinski definition) is 4. The van der Waals surface area contributed by atoms with Gasteiger partial charge in [0.25, 0.3) is 0 Å². The van der Waals surface area contributed by atoms with Gasteiger partial charge in [-0.2, -0.15) is 5.10 Å². The van der Waals surface area contributed by atoms with Crippen molar-refractivity contribution in [2.24, 2.45) is 5.73 Å².